The van der Waals surface area contributed by atoms with Crippen molar-refractivity contribution in [3.63, 3.8) is 0 Å². The Morgan fingerprint density at radius 2 is 2.05 bits per heavy atom. The highest BCUT2D eigenvalue weighted by Gasteiger charge is 2.36. The lowest BCUT2D eigenvalue weighted by Gasteiger charge is -2.39. The summed E-state index contributed by atoms with van der Waals surface area (Å²) < 4.78 is 5.40. The molecule has 5 heteroatoms. The Morgan fingerprint density at radius 1 is 1.35 bits per heavy atom. The van der Waals surface area contributed by atoms with E-state index in [4.69, 9.17) is 4.74 Å². The number of rotatable bonds is 4. The third kappa shape index (κ3) is 2.93. The SMILES string of the molecule is CCC(C)(OC)C(=O)N1CCN(c2ccccn2)CC1. The molecule has 1 fully saturated rings. The number of aromatic nitrogens is 1. The zero-order chi connectivity index (χ0) is 14.6. The Balaban J connectivity index is 1.96. The van der Waals surface area contributed by atoms with Gasteiger partial charge in [0.05, 0.1) is 0 Å². The van der Waals surface area contributed by atoms with Crippen LogP contribution in [0.25, 0.3) is 0 Å². The number of pyridine rings is 1. The number of ether oxygens (including phenoxy) is 1. The number of piperazine rings is 1. The predicted octanol–water partition coefficient (Wildman–Crippen LogP) is 1.55. The van der Waals surface area contributed by atoms with Gasteiger partial charge in [-0.2, -0.15) is 0 Å². The quantitative estimate of drug-likeness (QED) is 0.837. The molecule has 1 aromatic rings. The number of methoxy groups -OCH3 is 1. The van der Waals surface area contributed by atoms with Gasteiger partial charge >= 0.3 is 0 Å². The van der Waals surface area contributed by atoms with Crippen LogP contribution in [0.15, 0.2) is 24.4 Å². The molecule has 1 aliphatic rings. The first kappa shape index (κ1) is 14.8. The van der Waals surface area contributed by atoms with Crippen LogP contribution in [0.1, 0.15) is 20.3 Å². The van der Waals surface area contributed by atoms with E-state index in [0.29, 0.717) is 19.5 Å². The average molecular weight is 277 g/mol. The summed E-state index contributed by atoms with van der Waals surface area (Å²) in [5.74, 6) is 1.06. The number of amides is 1. The first-order valence-electron chi connectivity index (χ1n) is 7.11. The molecule has 0 N–H and O–H groups in total. The molecule has 1 aromatic heterocycles. The van der Waals surface area contributed by atoms with Crippen LogP contribution in [-0.4, -0.2) is 54.7 Å². The lowest BCUT2D eigenvalue weighted by atomic mass is 10.0. The number of carbonyl (C=O) groups is 1. The third-order valence-electron chi connectivity index (χ3n) is 4.12. The lowest BCUT2D eigenvalue weighted by Crippen LogP contribution is -2.55. The molecule has 0 bridgehead atoms. The van der Waals surface area contributed by atoms with Crippen LogP contribution in [0.5, 0.6) is 0 Å². The lowest BCUT2D eigenvalue weighted by molar-refractivity contribution is -0.153. The second-order valence-corrected chi connectivity index (χ2v) is 5.26. The predicted molar refractivity (Wildman–Crippen MR) is 78.7 cm³/mol. The summed E-state index contributed by atoms with van der Waals surface area (Å²) in [4.78, 5) is 20.9. The molecule has 0 aliphatic carbocycles. The minimum absolute atomic E-state index is 0.0863. The Hall–Kier alpha value is -1.62. The molecule has 2 heterocycles. The Bertz CT molecular complexity index is 438. The monoisotopic (exact) mass is 277 g/mol. The van der Waals surface area contributed by atoms with Gasteiger partial charge in [0.15, 0.2) is 0 Å². The summed E-state index contributed by atoms with van der Waals surface area (Å²) in [5.41, 5.74) is -0.701. The molecular formula is C15H23N3O2. The van der Waals surface area contributed by atoms with Crippen molar-refractivity contribution in [3.8, 4) is 0 Å². The van der Waals surface area contributed by atoms with E-state index >= 15 is 0 Å². The van der Waals surface area contributed by atoms with Gasteiger partial charge in [-0.15, -0.1) is 0 Å². The van der Waals surface area contributed by atoms with Crippen molar-refractivity contribution in [2.45, 2.75) is 25.9 Å². The fourth-order valence-corrected chi connectivity index (χ4v) is 2.40. The molecule has 1 atom stereocenters. The molecule has 5 nitrogen and oxygen atoms in total. The molecule has 1 amide bonds. The van der Waals surface area contributed by atoms with E-state index in [-0.39, 0.29) is 5.91 Å². The van der Waals surface area contributed by atoms with E-state index in [1.807, 2.05) is 36.9 Å². The first-order valence-corrected chi connectivity index (χ1v) is 7.11. The highest BCUT2D eigenvalue weighted by atomic mass is 16.5. The molecule has 110 valence electrons. The molecular weight excluding hydrogens is 254 g/mol. The Labute approximate surface area is 120 Å². The second-order valence-electron chi connectivity index (χ2n) is 5.26. The maximum absolute atomic E-state index is 12.5. The summed E-state index contributed by atoms with van der Waals surface area (Å²) >= 11 is 0. The van der Waals surface area contributed by atoms with Crippen molar-refractivity contribution in [2.24, 2.45) is 0 Å². The smallest absolute Gasteiger partial charge is 0.254 e. The van der Waals surface area contributed by atoms with Gasteiger partial charge in [-0.3, -0.25) is 4.79 Å². The number of carbonyl (C=O) groups excluding carboxylic acids is 1. The molecule has 0 aromatic carbocycles. The van der Waals surface area contributed by atoms with Crippen LogP contribution in [0.4, 0.5) is 5.82 Å². The van der Waals surface area contributed by atoms with Crippen LogP contribution in [0.2, 0.25) is 0 Å². The van der Waals surface area contributed by atoms with Crippen LogP contribution in [0.3, 0.4) is 0 Å². The van der Waals surface area contributed by atoms with Crippen molar-refractivity contribution in [1.82, 2.24) is 9.88 Å². The van der Waals surface area contributed by atoms with E-state index in [1.54, 1.807) is 13.3 Å². The highest BCUT2D eigenvalue weighted by molar-refractivity contribution is 5.85. The number of hydrogen-bond donors (Lipinski definition) is 0. The molecule has 0 spiro atoms. The fourth-order valence-electron chi connectivity index (χ4n) is 2.40. The Kier molecular flexibility index (Phi) is 4.60. The summed E-state index contributed by atoms with van der Waals surface area (Å²) in [6.07, 6.45) is 2.48. The van der Waals surface area contributed by atoms with E-state index in [9.17, 15) is 4.79 Å². The van der Waals surface area contributed by atoms with Crippen molar-refractivity contribution in [3.05, 3.63) is 24.4 Å². The maximum Gasteiger partial charge on any atom is 0.254 e. The summed E-state index contributed by atoms with van der Waals surface area (Å²) in [6, 6.07) is 5.90. The zero-order valence-corrected chi connectivity index (χ0v) is 12.5. The van der Waals surface area contributed by atoms with Crippen molar-refractivity contribution in [1.29, 1.82) is 0 Å². The number of anilines is 1. The van der Waals surface area contributed by atoms with Crippen LogP contribution < -0.4 is 4.90 Å². The zero-order valence-electron chi connectivity index (χ0n) is 12.5. The molecule has 1 unspecified atom stereocenters. The third-order valence-corrected chi connectivity index (χ3v) is 4.12. The van der Waals surface area contributed by atoms with Gasteiger partial charge in [0, 0.05) is 39.5 Å². The standard InChI is InChI=1S/C15H23N3O2/c1-4-15(2,20-3)14(19)18-11-9-17(10-12-18)13-7-5-6-8-16-13/h5-8H,4,9-12H2,1-3H3. The van der Waals surface area contributed by atoms with Crippen LogP contribution >= 0.6 is 0 Å². The Morgan fingerprint density at radius 3 is 2.55 bits per heavy atom. The van der Waals surface area contributed by atoms with Gasteiger partial charge in [-0.05, 0) is 25.5 Å². The van der Waals surface area contributed by atoms with Crippen molar-refractivity contribution < 1.29 is 9.53 Å². The molecule has 20 heavy (non-hydrogen) atoms. The van der Waals surface area contributed by atoms with Gasteiger partial charge in [-0.25, -0.2) is 4.98 Å². The number of nitrogens with zero attached hydrogens (tertiary/aromatic N) is 3. The van der Waals surface area contributed by atoms with Gasteiger partial charge in [0.1, 0.15) is 11.4 Å². The van der Waals surface area contributed by atoms with Gasteiger partial charge in [0.2, 0.25) is 0 Å². The van der Waals surface area contributed by atoms with Crippen LogP contribution in [0, 0.1) is 0 Å². The minimum atomic E-state index is -0.701. The van der Waals surface area contributed by atoms with Gasteiger partial charge in [0.25, 0.3) is 5.91 Å². The topological polar surface area (TPSA) is 45.7 Å². The fraction of sp³-hybridized carbons (Fsp3) is 0.600. The molecule has 1 aliphatic heterocycles. The molecule has 0 saturated carbocycles. The summed E-state index contributed by atoms with van der Waals surface area (Å²) in [7, 11) is 1.60. The largest absolute Gasteiger partial charge is 0.369 e. The maximum atomic E-state index is 12.5. The van der Waals surface area contributed by atoms with E-state index in [0.717, 1.165) is 18.9 Å². The minimum Gasteiger partial charge on any atom is -0.369 e. The molecule has 1 saturated heterocycles. The molecule has 0 radical (unpaired) electrons. The normalized spacial score (nSPS) is 18.8. The van der Waals surface area contributed by atoms with Gasteiger partial charge in [-0.1, -0.05) is 13.0 Å². The summed E-state index contributed by atoms with van der Waals surface area (Å²) in [6.45, 7) is 6.90. The second kappa shape index (κ2) is 6.22. The van der Waals surface area contributed by atoms with Crippen LogP contribution in [-0.2, 0) is 9.53 Å². The average Bonchev–Trinajstić information content (AvgIpc) is 2.54. The van der Waals surface area contributed by atoms with Crippen molar-refractivity contribution in [2.75, 3.05) is 38.2 Å². The first-order chi connectivity index (χ1) is 9.60. The van der Waals surface area contributed by atoms with E-state index in [1.165, 1.54) is 0 Å². The molecule has 2 rings (SSSR count). The van der Waals surface area contributed by atoms with Crippen molar-refractivity contribution >= 4 is 11.7 Å². The highest BCUT2D eigenvalue weighted by Crippen LogP contribution is 2.20. The number of hydrogen-bond acceptors (Lipinski definition) is 4. The van der Waals surface area contributed by atoms with Gasteiger partial charge < -0.3 is 14.5 Å². The summed E-state index contributed by atoms with van der Waals surface area (Å²) in [5, 5.41) is 0. The van der Waals surface area contributed by atoms with E-state index in [2.05, 4.69) is 9.88 Å². The van der Waals surface area contributed by atoms with E-state index < -0.39 is 5.60 Å².